The third kappa shape index (κ3) is 3.20. The number of aromatic nitrogens is 1. The van der Waals surface area contributed by atoms with Gasteiger partial charge in [0.25, 0.3) is 0 Å². The van der Waals surface area contributed by atoms with Gasteiger partial charge in [-0.3, -0.25) is 0 Å². The predicted molar refractivity (Wildman–Crippen MR) is 72.1 cm³/mol. The summed E-state index contributed by atoms with van der Waals surface area (Å²) in [6.07, 6.45) is 0. The highest BCUT2D eigenvalue weighted by Crippen LogP contribution is 2.19. The minimum atomic E-state index is 0.310. The largest absolute Gasteiger partial charge is 0.508 e. The summed E-state index contributed by atoms with van der Waals surface area (Å²) in [4.78, 5) is 4.23. The summed E-state index contributed by atoms with van der Waals surface area (Å²) < 4.78 is 0.803. The zero-order chi connectivity index (χ0) is 12.3. The number of anilines is 1. The summed E-state index contributed by atoms with van der Waals surface area (Å²) in [5.74, 6) is 0.310. The van der Waals surface area contributed by atoms with Crippen molar-refractivity contribution in [3.8, 4) is 5.75 Å². The lowest BCUT2D eigenvalue weighted by atomic mass is 10.2. The van der Waals surface area contributed by atoms with E-state index in [1.54, 1.807) is 6.07 Å². The van der Waals surface area contributed by atoms with Crippen molar-refractivity contribution in [1.29, 1.82) is 0 Å². The van der Waals surface area contributed by atoms with Crippen LogP contribution < -0.4 is 5.32 Å². The Hall–Kier alpha value is -1.55. The lowest BCUT2D eigenvalue weighted by molar-refractivity contribution is 0.469. The van der Waals surface area contributed by atoms with Crippen molar-refractivity contribution in [2.75, 3.05) is 5.32 Å². The molecule has 2 rings (SSSR count). The van der Waals surface area contributed by atoms with E-state index < -0.39 is 0 Å². The van der Waals surface area contributed by atoms with Gasteiger partial charge in [-0.2, -0.15) is 0 Å². The molecule has 0 unspecified atom stereocenters. The van der Waals surface area contributed by atoms with Crippen LogP contribution in [0.25, 0.3) is 0 Å². The Balaban J connectivity index is 2.10. The molecular weight excluding hydrogens is 280 g/mol. The average Bonchev–Trinajstić information content (AvgIpc) is 2.27. The van der Waals surface area contributed by atoms with Gasteiger partial charge in [0.15, 0.2) is 0 Å². The summed E-state index contributed by atoms with van der Waals surface area (Å²) >= 11 is 3.35. The lowest BCUT2D eigenvalue weighted by Crippen LogP contribution is -2.00. The summed E-state index contributed by atoms with van der Waals surface area (Å²) in [6.45, 7) is 2.53. The van der Waals surface area contributed by atoms with Gasteiger partial charge >= 0.3 is 0 Å². The molecule has 2 aromatic rings. The van der Waals surface area contributed by atoms with Crippen LogP contribution in [0.15, 0.2) is 41.0 Å². The second kappa shape index (κ2) is 5.19. The van der Waals surface area contributed by atoms with Gasteiger partial charge in [0, 0.05) is 23.5 Å². The second-order valence-electron chi connectivity index (χ2n) is 3.80. The lowest BCUT2D eigenvalue weighted by Gasteiger charge is -2.09. The molecule has 0 aliphatic rings. The Morgan fingerprint density at radius 1 is 1.29 bits per heavy atom. The maximum Gasteiger partial charge on any atom is 0.120 e. The quantitative estimate of drug-likeness (QED) is 0.852. The van der Waals surface area contributed by atoms with Gasteiger partial charge < -0.3 is 10.4 Å². The zero-order valence-corrected chi connectivity index (χ0v) is 11.0. The van der Waals surface area contributed by atoms with Crippen LogP contribution in [-0.4, -0.2) is 10.1 Å². The molecule has 0 radical (unpaired) electrons. The van der Waals surface area contributed by atoms with Crippen molar-refractivity contribution in [2.45, 2.75) is 13.5 Å². The van der Waals surface area contributed by atoms with Crippen LogP contribution in [0.1, 0.15) is 11.3 Å². The minimum Gasteiger partial charge on any atom is -0.508 e. The van der Waals surface area contributed by atoms with Crippen LogP contribution in [0.5, 0.6) is 5.75 Å². The highest BCUT2D eigenvalue weighted by molar-refractivity contribution is 9.10. The molecule has 1 aromatic carbocycles. The third-order valence-electron chi connectivity index (χ3n) is 2.40. The molecule has 0 fully saturated rings. The van der Waals surface area contributed by atoms with Gasteiger partial charge in [-0.05, 0) is 41.1 Å². The molecule has 1 heterocycles. The molecule has 4 heteroatoms. The topological polar surface area (TPSA) is 45.1 Å². The standard InChI is InChI=1S/C13H13BrN2O/c1-9-6-11(7-13(14)16-9)15-8-10-4-2-3-5-12(10)17/h2-7,17H,8H2,1H3,(H,15,16). The molecule has 0 atom stereocenters. The number of hydrogen-bond donors (Lipinski definition) is 2. The first-order chi connectivity index (χ1) is 8.15. The number of phenols is 1. The minimum absolute atomic E-state index is 0.310. The SMILES string of the molecule is Cc1cc(NCc2ccccc2O)cc(Br)n1. The van der Waals surface area contributed by atoms with E-state index in [-0.39, 0.29) is 0 Å². The Labute approximate surface area is 109 Å². The molecule has 0 saturated heterocycles. The molecule has 1 aromatic heterocycles. The molecular formula is C13H13BrN2O. The van der Waals surface area contributed by atoms with Crippen molar-refractivity contribution in [3.63, 3.8) is 0 Å². The van der Waals surface area contributed by atoms with E-state index in [1.165, 1.54) is 0 Å². The molecule has 0 bridgehead atoms. The smallest absolute Gasteiger partial charge is 0.120 e. The van der Waals surface area contributed by atoms with Crippen molar-refractivity contribution in [1.82, 2.24) is 4.98 Å². The number of aromatic hydroxyl groups is 1. The molecule has 0 saturated carbocycles. The van der Waals surface area contributed by atoms with Crippen LogP contribution in [-0.2, 0) is 6.54 Å². The average molecular weight is 293 g/mol. The number of aryl methyl sites for hydroxylation is 1. The second-order valence-corrected chi connectivity index (χ2v) is 4.61. The number of phenolic OH excluding ortho intramolecular Hbond substituents is 1. The Bertz CT molecular complexity index is 508. The van der Waals surface area contributed by atoms with E-state index in [1.807, 2.05) is 37.3 Å². The zero-order valence-electron chi connectivity index (χ0n) is 9.44. The van der Waals surface area contributed by atoms with Crippen LogP contribution in [0.2, 0.25) is 0 Å². The van der Waals surface area contributed by atoms with Gasteiger partial charge in [-0.15, -0.1) is 0 Å². The molecule has 0 spiro atoms. The van der Waals surface area contributed by atoms with Gasteiger partial charge in [0.05, 0.1) is 0 Å². The van der Waals surface area contributed by atoms with E-state index in [9.17, 15) is 5.11 Å². The number of rotatable bonds is 3. The normalized spacial score (nSPS) is 10.2. The van der Waals surface area contributed by atoms with Crippen molar-refractivity contribution in [2.24, 2.45) is 0 Å². The number of nitrogens with zero attached hydrogens (tertiary/aromatic N) is 1. The van der Waals surface area contributed by atoms with Crippen molar-refractivity contribution in [3.05, 3.63) is 52.3 Å². The first-order valence-electron chi connectivity index (χ1n) is 5.30. The van der Waals surface area contributed by atoms with Crippen LogP contribution in [0.3, 0.4) is 0 Å². The van der Waals surface area contributed by atoms with Gasteiger partial charge in [-0.25, -0.2) is 4.98 Å². The number of benzene rings is 1. The first kappa shape index (κ1) is 11.9. The van der Waals surface area contributed by atoms with E-state index in [0.29, 0.717) is 12.3 Å². The predicted octanol–water partition coefficient (Wildman–Crippen LogP) is 3.47. The van der Waals surface area contributed by atoms with E-state index >= 15 is 0 Å². The number of hydrogen-bond acceptors (Lipinski definition) is 3. The monoisotopic (exact) mass is 292 g/mol. The number of para-hydroxylation sites is 1. The van der Waals surface area contributed by atoms with Crippen molar-refractivity contribution < 1.29 is 5.11 Å². The molecule has 2 N–H and O–H groups in total. The number of nitrogens with one attached hydrogen (secondary N) is 1. The van der Waals surface area contributed by atoms with Crippen LogP contribution >= 0.6 is 15.9 Å². The van der Waals surface area contributed by atoms with E-state index in [0.717, 1.165) is 21.5 Å². The fourth-order valence-corrected chi connectivity index (χ4v) is 2.11. The van der Waals surface area contributed by atoms with Gasteiger partial charge in [0.2, 0.25) is 0 Å². The molecule has 17 heavy (non-hydrogen) atoms. The fraction of sp³-hybridized carbons (Fsp3) is 0.154. The van der Waals surface area contributed by atoms with Crippen molar-refractivity contribution >= 4 is 21.6 Å². The van der Waals surface area contributed by atoms with Crippen LogP contribution in [0, 0.1) is 6.92 Å². The molecule has 0 amide bonds. The number of halogens is 1. The van der Waals surface area contributed by atoms with Gasteiger partial charge in [-0.1, -0.05) is 18.2 Å². The molecule has 3 nitrogen and oxygen atoms in total. The molecule has 0 aliphatic heterocycles. The summed E-state index contributed by atoms with van der Waals surface area (Å²) in [7, 11) is 0. The Kier molecular flexibility index (Phi) is 3.64. The summed E-state index contributed by atoms with van der Waals surface area (Å²) in [6, 6.07) is 11.2. The van der Waals surface area contributed by atoms with Gasteiger partial charge in [0.1, 0.15) is 10.4 Å². The third-order valence-corrected chi connectivity index (χ3v) is 2.80. The highest BCUT2D eigenvalue weighted by Gasteiger charge is 2.01. The molecule has 88 valence electrons. The number of pyridine rings is 1. The van der Waals surface area contributed by atoms with E-state index in [4.69, 9.17) is 0 Å². The molecule has 0 aliphatic carbocycles. The maximum atomic E-state index is 9.64. The Morgan fingerprint density at radius 2 is 2.06 bits per heavy atom. The summed E-state index contributed by atoms with van der Waals surface area (Å²) in [5.41, 5.74) is 2.80. The summed E-state index contributed by atoms with van der Waals surface area (Å²) in [5, 5.41) is 12.9. The maximum absolute atomic E-state index is 9.64. The first-order valence-corrected chi connectivity index (χ1v) is 6.09. The Morgan fingerprint density at radius 3 is 2.76 bits per heavy atom. The fourth-order valence-electron chi connectivity index (χ4n) is 1.59. The highest BCUT2D eigenvalue weighted by atomic mass is 79.9. The van der Waals surface area contributed by atoms with Crippen LogP contribution in [0.4, 0.5) is 5.69 Å². The van der Waals surface area contributed by atoms with E-state index in [2.05, 4.69) is 26.2 Å².